The van der Waals surface area contributed by atoms with Crippen LogP contribution in [0.3, 0.4) is 0 Å². The van der Waals surface area contributed by atoms with E-state index in [-0.39, 0.29) is 23.4 Å². The van der Waals surface area contributed by atoms with Gasteiger partial charge in [0.15, 0.2) is 11.5 Å². The van der Waals surface area contributed by atoms with Crippen LogP contribution >= 0.6 is 0 Å². The molecule has 0 unspecified atom stereocenters. The van der Waals surface area contributed by atoms with Crippen molar-refractivity contribution in [3.05, 3.63) is 41.6 Å². The number of nitrogens with two attached hydrogens (primary N) is 1. The lowest BCUT2D eigenvalue weighted by atomic mass is 10.2. The molecule has 0 aliphatic carbocycles. The highest BCUT2D eigenvalue weighted by molar-refractivity contribution is 5.94. The molecule has 176 valence electrons. The fourth-order valence-corrected chi connectivity index (χ4v) is 4.00. The number of aromatic carboxylic acids is 1. The maximum atomic E-state index is 12.3. The summed E-state index contributed by atoms with van der Waals surface area (Å²) < 4.78 is 5.77. The Balaban J connectivity index is 1.42. The number of hydroxylamine groups is 2. The number of carboxylic acids is 1. The Morgan fingerprint density at radius 2 is 1.85 bits per heavy atom. The van der Waals surface area contributed by atoms with E-state index in [2.05, 4.69) is 14.9 Å². The molecule has 0 bridgehead atoms. The van der Waals surface area contributed by atoms with Crippen molar-refractivity contribution in [2.24, 2.45) is 0 Å². The van der Waals surface area contributed by atoms with Gasteiger partial charge in [0.05, 0.1) is 18.7 Å². The molecular weight excluding hydrogens is 428 g/mol. The Hall–Kier alpha value is -3.44. The van der Waals surface area contributed by atoms with Crippen LogP contribution in [0, 0.1) is 0 Å². The van der Waals surface area contributed by atoms with Crippen LogP contribution in [0.25, 0.3) is 0 Å². The van der Waals surface area contributed by atoms with Gasteiger partial charge in [-0.2, -0.15) is 9.97 Å². The zero-order valence-corrected chi connectivity index (χ0v) is 18.5. The fraction of sp³-hybridized carbons (Fsp3) is 0.455. The average Bonchev–Trinajstić information content (AvgIpc) is 3.24. The number of anilines is 2. The number of hydrogen-bond acceptors (Lipinski definition) is 10. The molecule has 2 saturated heterocycles. The molecule has 11 heteroatoms. The molecule has 1 aromatic heterocycles. The number of nitrogens with zero attached hydrogens (tertiary/aromatic N) is 5. The number of aromatic nitrogens is 2. The molecule has 2 aromatic rings. The van der Waals surface area contributed by atoms with Crippen LogP contribution in [0.4, 0.5) is 11.5 Å². The van der Waals surface area contributed by atoms with E-state index in [4.69, 9.17) is 15.3 Å². The van der Waals surface area contributed by atoms with E-state index in [0.717, 1.165) is 19.4 Å². The lowest BCUT2D eigenvalue weighted by Crippen LogP contribution is -2.47. The highest BCUT2D eigenvalue weighted by Gasteiger charge is 2.28. The van der Waals surface area contributed by atoms with Gasteiger partial charge in [-0.3, -0.25) is 0 Å². The summed E-state index contributed by atoms with van der Waals surface area (Å²) in [6.07, 6.45) is 2.10. The number of nitrogen functional groups attached to an aromatic ring is 1. The van der Waals surface area contributed by atoms with E-state index in [0.29, 0.717) is 44.2 Å². The van der Waals surface area contributed by atoms with Crippen molar-refractivity contribution in [1.29, 1.82) is 0 Å². The Morgan fingerprint density at radius 3 is 2.48 bits per heavy atom. The minimum atomic E-state index is -1.24. The summed E-state index contributed by atoms with van der Waals surface area (Å²) in [6.45, 7) is 3.07. The fourth-order valence-electron chi connectivity index (χ4n) is 4.00. The predicted molar refractivity (Wildman–Crippen MR) is 120 cm³/mol. The highest BCUT2D eigenvalue weighted by Crippen LogP contribution is 2.28. The van der Waals surface area contributed by atoms with E-state index in [1.807, 2.05) is 18.0 Å². The molecular formula is C22H28N6O5. The number of benzene rings is 1. The van der Waals surface area contributed by atoms with Crippen LogP contribution < -0.4 is 15.4 Å². The van der Waals surface area contributed by atoms with E-state index in [1.165, 1.54) is 0 Å². The molecule has 0 radical (unpaired) electrons. The minimum absolute atomic E-state index is 0.00478. The van der Waals surface area contributed by atoms with Crippen molar-refractivity contribution in [3.63, 3.8) is 0 Å². The first kappa shape index (κ1) is 22.7. The summed E-state index contributed by atoms with van der Waals surface area (Å²) in [5.41, 5.74) is 6.28. The van der Waals surface area contributed by atoms with Crippen molar-refractivity contribution >= 4 is 23.4 Å². The lowest BCUT2D eigenvalue weighted by molar-refractivity contribution is -0.112. The number of piperazine rings is 1. The van der Waals surface area contributed by atoms with Crippen LogP contribution in [0.1, 0.15) is 33.7 Å². The highest BCUT2D eigenvalue weighted by atomic mass is 16.7. The third-order valence-corrected chi connectivity index (χ3v) is 5.94. The Morgan fingerprint density at radius 1 is 1.12 bits per heavy atom. The van der Waals surface area contributed by atoms with Gasteiger partial charge < -0.3 is 30.2 Å². The Labute approximate surface area is 191 Å². The van der Waals surface area contributed by atoms with Crippen LogP contribution in [-0.4, -0.2) is 89.4 Å². The molecule has 1 atom stereocenters. The van der Waals surface area contributed by atoms with Gasteiger partial charge in [0.1, 0.15) is 12.3 Å². The molecule has 0 amide bonds. The topological polar surface area (TPSA) is 134 Å². The average molecular weight is 457 g/mol. The summed E-state index contributed by atoms with van der Waals surface area (Å²) in [5, 5.41) is 11.1. The largest absolute Gasteiger partial charge is 0.476 e. The van der Waals surface area contributed by atoms with Gasteiger partial charge in [-0.1, -0.05) is 18.2 Å². The monoisotopic (exact) mass is 456 g/mol. The lowest BCUT2D eigenvalue weighted by Gasteiger charge is -2.34. The molecule has 2 aliphatic rings. The number of carbonyl (C=O) groups excluding carboxylic acids is 1. The summed E-state index contributed by atoms with van der Waals surface area (Å²) in [7, 11) is 2.03. The standard InChI is InChI=1S/C22H28N6O5/c1-26-9-5-8-16(26)14-32-22-24-18(20(29)30)17(23)19(25-22)27-10-12-28(13-11-27)33-21(31)15-6-3-2-4-7-15/h2-4,6-7,16H,5,8-14,23H2,1H3,(H,29,30)/t16-/m0/s1. The van der Waals surface area contributed by atoms with Gasteiger partial charge in [0, 0.05) is 19.1 Å². The van der Waals surface area contributed by atoms with Crippen molar-refractivity contribution in [2.75, 3.05) is 57.0 Å². The Kier molecular flexibility index (Phi) is 6.90. The number of rotatable bonds is 7. The molecule has 1 aromatic carbocycles. The molecule has 2 fully saturated rings. The third-order valence-electron chi connectivity index (χ3n) is 5.94. The van der Waals surface area contributed by atoms with Gasteiger partial charge in [-0.05, 0) is 38.6 Å². The predicted octanol–water partition coefficient (Wildman–Crippen LogP) is 1.12. The first-order chi connectivity index (χ1) is 15.9. The maximum Gasteiger partial charge on any atom is 0.357 e. The van der Waals surface area contributed by atoms with Crippen LogP contribution in [0.5, 0.6) is 6.01 Å². The number of hydrogen-bond donors (Lipinski definition) is 2. The quantitative estimate of drug-likeness (QED) is 0.621. The summed E-state index contributed by atoms with van der Waals surface area (Å²) in [6, 6.07) is 9.00. The van der Waals surface area contributed by atoms with Gasteiger partial charge in [0.25, 0.3) is 0 Å². The molecule has 3 N–H and O–H groups in total. The number of likely N-dealkylation sites (N-methyl/N-ethyl adjacent to an activating group) is 1. The molecule has 0 spiro atoms. The third kappa shape index (κ3) is 5.32. The molecule has 11 nitrogen and oxygen atoms in total. The smallest absolute Gasteiger partial charge is 0.357 e. The van der Waals surface area contributed by atoms with Crippen LogP contribution in [0.15, 0.2) is 30.3 Å². The number of likely N-dealkylation sites (tertiary alicyclic amines) is 1. The SMILES string of the molecule is CN1CCC[C@H]1COc1nc(C(=O)O)c(N)c(N2CCN(OC(=O)c3ccccc3)CC2)n1. The van der Waals surface area contributed by atoms with Gasteiger partial charge in [-0.25, -0.2) is 9.59 Å². The van der Waals surface area contributed by atoms with E-state index < -0.39 is 11.9 Å². The summed E-state index contributed by atoms with van der Waals surface area (Å²) in [5.74, 6) is -1.35. The molecule has 4 rings (SSSR count). The first-order valence-electron chi connectivity index (χ1n) is 10.9. The molecule has 3 heterocycles. The molecule has 33 heavy (non-hydrogen) atoms. The van der Waals surface area contributed by atoms with Gasteiger partial charge in [0.2, 0.25) is 0 Å². The van der Waals surface area contributed by atoms with Crippen molar-refractivity contribution in [1.82, 2.24) is 19.9 Å². The van der Waals surface area contributed by atoms with Crippen LogP contribution in [0.2, 0.25) is 0 Å². The van der Waals surface area contributed by atoms with Crippen molar-refractivity contribution in [2.45, 2.75) is 18.9 Å². The summed E-state index contributed by atoms with van der Waals surface area (Å²) in [4.78, 5) is 41.9. The summed E-state index contributed by atoms with van der Waals surface area (Å²) >= 11 is 0. The minimum Gasteiger partial charge on any atom is -0.476 e. The first-order valence-corrected chi connectivity index (χ1v) is 10.9. The number of ether oxygens (including phenoxy) is 1. The maximum absolute atomic E-state index is 12.3. The van der Waals surface area contributed by atoms with Crippen LogP contribution in [-0.2, 0) is 4.84 Å². The number of carboxylic acid groups (broad SMARTS) is 1. The second kappa shape index (κ2) is 10.0. The number of carbonyl (C=O) groups is 2. The van der Waals surface area contributed by atoms with Crippen molar-refractivity contribution < 1.29 is 24.3 Å². The molecule has 2 aliphatic heterocycles. The zero-order chi connectivity index (χ0) is 23.4. The van der Waals surface area contributed by atoms with Gasteiger partial charge in [-0.15, -0.1) is 5.06 Å². The van der Waals surface area contributed by atoms with E-state index >= 15 is 0 Å². The van der Waals surface area contributed by atoms with Gasteiger partial charge >= 0.3 is 17.9 Å². The normalized spacial score (nSPS) is 19.4. The second-order valence-electron chi connectivity index (χ2n) is 8.15. The zero-order valence-electron chi connectivity index (χ0n) is 18.5. The second-order valence-corrected chi connectivity index (χ2v) is 8.15. The van der Waals surface area contributed by atoms with E-state index in [1.54, 1.807) is 29.3 Å². The Bertz CT molecular complexity index is 996. The van der Waals surface area contributed by atoms with E-state index in [9.17, 15) is 14.7 Å². The molecule has 0 saturated carbocycles. The van der Waals surface area contributed by atoms with Crippen molar-refractivity contribution in [3.8, 4) is 6.01 Å².